The lowest BCUT2D eigenvalue weighted by atomic mass is 9.88. The Bertz CT molecular complexity index is 871. The van der Waals surface area contributed by atoms with Crippen LogP contribution in [0.25, 0.3) is 0 Å². The van der Waals surface area contributed by atoms with Gasteiger partial charge in [-0.1, -0.05) is 13.5 Å². The molecule has 1 amide bonds. The van der Waals surface area contributed by atoms with E-state index in [1.165, 1.54) is 62.5 Å². The Labute approximate surface area is 191 Å². The number of carbonyl (C=O) groups is 1. The zero-order valence-electron chi connectivity index (χ0n) is 19.7. The normalized spacial score (nSPS) is 24.6. The molecule has 5 rings (SSSR count). The van der Waals surface area contributed by atoms with E-state index >= 15 is 0 Å². The number of hydrogen-bond acceptors (Lipinski definition) is 6. The smallest absolute Gasteiger partial charge is 0.318 e. The van der Waals surface area contributed by atoms with Gasteiger partial charge >= 0.3 is 6.01 Å². The van der Waals surface area contributed by atoms with Crippen molar-refractivity contribution in [1.82, 2.24) is 19.8 Å². The van der Waals surface area contributed by atoms with Crippen molar-refractivity contribution >= 4 is 11.7 Å². The summed E-state index contributed by atoms with van der Waals surface area (Å²) in [4.78, 5) is 28.3. The summed E-state index contributed by atoms with van der Waals surface area (Å²) in [7, 11) is 2.12. The molecule has 0 aromatic carbocycles. The lowest BCUT2D eigenvalue weighted by molar-refractivity contribution is -0.131. The Morgan fingerprint density at radius 1 is 1.28 bits per heavy atom. The molecule has 0 bridgehead atoms. The molecule has 0 saturated carbocycles. The quantitative estimate of drug-likeness (QED) is 0.609. The average Bonchev–Trinajstić information content (AvgIpc) is 3.33. The van der Waals surface area contributed by atoms with Crippen LogP contribution in [0.5, 0.6) is 6.01 Å². The van der Waals surface area contributed by atoms with Crippen LogP contribution in [0.4, 0.5) is 5.82 Å². The molecule has 1 aromatic heterocycles. The zero-order chi connectivity index (χ0) is 22.3. The molecule has 1 atom stereocenters. The number of aryl methyl sites for hydroxylation is 1. The van der Waals surface area contributed by atoms with Crippen LogP contribution in [0.15, 0.2) is 12.7 Å². The van der Waals surface area contributed by atoms with Gasteiger partial charge in [-0.15, -0.1) is 0 Å². The van der Waals surface area contributed by atoms with Gasteiger partial charge in [0.25, 0.3) is 0 Å². The van der Waals surface area contributed by atoms with Crippen LogP contribution >= 0.6 is 0 Å². The fourth-order valence-electron chi connectivity index (χ4n) is 6.25. The monoisotopic (exact) mass is 439 g/mol. The molecule has 0 radical (unpaired) electrons. The number of anilines is 1. The Kier molecular flexibility index (Phi) is 5.86. The molecule has 174 valence electrons. The van der Waals surface area contributed by atoms with Gasteiger partial charge < -0.3 is 14.5 Å². The number of aromatic nitrogens is 2. The maximum atomic E-state index is 11.8. The van der Waals surface area contributed by atoms with Crippen LogP contribution in [-0.4, -0.2) is 77.6 Å². The lowest BCUT2D eigenvalue weighted by Crippen LogP contribution is -2.53. The Hall–Kier alpha value is -2.15. The highest BCUT2D eigenvalue weighted by Crippen LogP contribution is 2.39. The summed E-state index contributed by atoms with van der Waals surface area (Å²) >= 11 is 0. The third-order valence-corrected chi connectivity index (χ3v) is 8.10. The first-order valence-electron chi connectivity index (χ1n) is 12.4. The molecule has 3 aliphatic heterocycles. The van der Waals surface area contributed by atoms with E-state index in [2.05, 4.69) is 30.4 Å². The molecular weight excluding hydrogens is 402 g/mol. The van der Waals surface area contributed by atoms with E-state index in [9.17, 15) is 4.79 Å². The van der Waals surface area contributed by atoms with Crippen molar-refractivity contribution in [2.45, 2.75) is 57.4 Å². The summed E-state index contributed by atoms with van der Waals surface area (Å²) in [6.07, 6.45) is 9.59. The third kappa shape index (κ3) is 4.00. The van der Waals surface area contributed by atoms with Crippen molar-refractivity contribution in [2.75, 3.05) is 51.3 Å². The summed E-state index contributed by atoms with van der Waals surface area (Å²) < 4.78 is 6.33. The van der Waals surface area contributed by atoms with E-state index in [-0.39, 0.29) is 11.4 Å². The highest BCUT2D eigenvalue weighted by molar-refractivity contribution is 5.87. The number of likely N-dealkylation sites (tertiary alicyclic amines) is 1. The minimum atomic E-state index is 0.0278. The molecule has 3 fully saturated rings. The number of nitrogens with zero attached hydrogens (tertiary/aromatic N) is 5. The highest BCUT2D eigenvalue weighted by atomic mass is 16.5. The Balaban J connectivity index is 1.32. The standard InChI is InChI=1S/C25H37N5O2/c1-4-22(31)29-15-19(16-29)14-28(3)23-20-13-18(2)7-8-21(20)26-24(27-23)32-17-25-9-5-11-30(25)12-6-10-25/h4,18-19H,1,5-17H2,2-3H3. The van der Waals surface area contributed by atoms with Gasteiger partial charge in [0, 0.05) is 38.2 Å². The molecule has 0 spiro atoms. The summed E-state index contributed by atoms with van der Waals surface area (Å²) in [5.41, 5.74) is 2.66. The minimum absolute atomic E-state index is 0.0278. The van der Waals surface area contributed by atoms with Gasteiger partial charge in [0.2, 0.25) is 5.91 Å². The maximum Gasteiger partial charge on any atom is 0.318 e. The van der Waals surface area contributed by atoms with Crippen molar-refractivity contribution in [1.29, 1.82) is 0 Å². The number of hydrogen-bond donors (Lipinski definition) is 0. The van der Waals surface area contributed by atoms with Crippen LogP contribution in [0.1, 0.15) is 50.3 Å². The molecule has 7 heteroatoms. The third-order valence-electron chi connectivity index (χ3n) is 8.10. The Morgan fingerprint density at radius 2 is 2.03 bits per heavy atom. The highest BCUT2D eigenvalue weighted by Gasteiger charge is 2.45. The summed E-state index contributed by atoms with van der Waals surface area (Å²) in [6.45, 7) is 11.5. The summed E-state index contributed by atoms with van der Waals surface area (Å²) in [6, 6.07) is 0.547. The molecule has 3 saturated heterocycles. The molecule has 4 aliphatic rings. The first-order valence-corrected chi connectivity index (χ1v) is 12.4. The maximum absolute atomic E-state index is 11.8. The molecule has 32 heavy (non-hydrogen) atoms. The number of ether oxygens (including phenoxy) is 1. The van der Waals surface area contributed by atoms with Crippen LogP contribution in [-0.2, 0) is 17.6 Å². The second-order valence-corrected chi connectivity index (χ2v) is 10.5. The van der Waals surface area contributed by atoms with Gasteiger partial charge in [-0.3, -0.25) is 9.69 Å². The fraction of sp³-hybridized carbons (Fsp3) is 0.720. The van der Waals surface area contributed by atoms with E-state index in [0.29, 0.717) is 24.5 Å². The number of fused-ring (bicyclic) bond motifs is 2. The van der Waals surface area contributed by atoms with Gasteiger partial charge in [-0.05, 0) is 70.0 Å². The van der Waals surface area contributed by atoms with Crippen molar-refractivity contribution in [2.24, 2.45) is 11.8 Å². The van der Waals surface area contributed by atoms with Crippen molar-refractivity contribution in [3.63, 3.8) is 0 Å². The van der Waals surface area contributed by atoms with E-state index in [1.807, 2.05) is 4.90 Å². The van der Waals surface area contributed by atoms with Gasteiger partial charge in [0.15, 0.2) is 0 Å². The lowest BCUT2D eigenvalue weighted by Gasteiger charge is -2.41. The second-order valence-electron chi connectivity index (χ2n) is 10.5. The van der Waals surface area contributed by atoms with Gasteiger partial charge in [-0.25, -0.2) is 0 Å². The minimum Gasteiger partial charge on any atom is -0.461 e. The molecule has 7 nitrogen and oxygen atoms in total. The number of carbonyl (C=O) groups excluding carboxylic acids is 1. The SMILES string of the molecule is C=CC(=O)N1CC(CN(C)c2nc(OCC34CCCN3CCC4)nc3c2CC(C)CC3)C1. The van der Waals surface area contributed by atoms with Crippen LogP contribution < -0.4 is 9.64 Å². The van der Waals surface area contributed by atoms with Crippen LogP contribution in [0.2, 0.25) is 0 Å². The molecule has 4 heterocycles. The summed E-state index contributed by atoms with van der Waals surface area (Å²) in [5.74, 6) is 2.17. The largest absolute Gasteiger partial charge is 0.461 e. The topological polar surface area (TPSA) is 61.8 Å². The average molecular weight is 440 g/mol. The predicted molar refractivity (Wildman–Crippen MR) is 125 cm³/mol. The first-order chi connectivity index (χ1) is 15.5. The Morgan fingerprint density at radius 3 is 2.75 bits per heavy atom. The van der Waals surface area contributed by atoms with Crippen molar-refractivity contribution in [3.05, 3.63) is 23.9 Å². The van der Waals surface area contributed by atoms with Gasteiger partial charge in [-0.2, -0.15) is 9.97 Å². The zero-order valence-corrected chi connectivity index (χ0v) is 19.7. The molecule has 0 N–H and O–H groups in total. The molecular formula is C25H37N5O2. The van der Waals surface area contributed by atoms with Gasteiger partial charge in [0.1, 0.15) is 12.4 Å². The van der Waals surface area contributed by atoms with Crippen LogP contribution in [0.3, 0.4) is 0 Å². The van der Waals surface area contributed by atoms with Gasteiger partial charge in [0.05, 0.1) is 11.2 Å². The predicted octanol–water partition coefficient (Wildman–Crippen LogP) is 2.69. The van der Waals surface area contributed by atoms with Crippen molar-refractivity contribution < 1.29 is 9.53 Å². The van der Waals surface area contributed by atoms with E-state index < -0.39 is 0 Å². The molecule has 1 aliphatic carbocycles. The number of amides is 1. The summed E-state index contributed by atoms with van der Waals surface area (Å²) in [5, 5.41) is 0. The fourth-order valence-corrected chi connectivity index (χ4v) is 6.25. The van der Waals surface area contributed by atoms with Crippen LogP contribution in [0, 0.1) is 11.8 Å². The number of rotatable bonds is 7. The van der Waals surface area contributed by atoms with E-state index in [1.54, 1.807) is 0 Å². The molecule has 1 aromatic rings. The second kappa shape index (κ2) is 8.65. The van der Waals surface area contributed by atoms with Crippen molar-refractivity contribution in [3.8, 4) is 6.01 Å². The first kappa shape index (κ1) is 21.7. The van der Waals surface area contributed by atoms with E-state index in [0.717, 1.165) is 38.3 Å². The van der Waals surface area contributed by atoms with E-state index in [4.69, 9.17) is 14.7 Å². The molecule has 1 unspecified atom stereocenters.